The van der Waals surface area contributed by atoms with E-state index < -0.39 is 34.1 Å². The van der Waals surface area contributed by atoms with E-state index in [2.05, 4.69) is 19.4 Å². The zero-order valence-corrected chi connectivity index (χ0v) is 18.0. The van der Waals surface area contributed by atoms with Crippen molar-refractivity contribution in [3.63, 3.8) is 0 Å². The molecule has 0 fully saturated rings. The maximum atomic E-state index is 14.6. The second kappa shape index (κ2) is 8.96. The minimum absolute atomic E-state index is 0.00511. The van der Waals surface area contributed by atoms with Crippen LogP contribution in [0.2, 0.25) is 0 Å². The molecule has 0 saturated heterocycles. The number of hydrogen-bond acceptors (Lipinski definition) is 7. The van der Waals surface area contributed by atoms with Crippen LogP contribution < -0.4 is 0 Å². The summed E-state index contributed by atoms with van der Waals surface area (Å²) < 4.78 is 61.4. The van der Waals surface area contributed by atoms with Gasteiger partial charge in [-0.3, -0.25) is 0 Å². The van der Waals surface area contributed by atoms with Crippen molar-refractivity contribution in [3.8, 4) is 11.4 Å². The van der Waals surface area contributed by atoms with Crippen LogP contribution in [0.4, 0.5) is 17.6 Å². The van der Waals surface area contributed by atoms with E-state index in [0.29, 0.717) is 10.4 Å². The largest absolute Gasteiger partial charge is 0.382 e. The van der Waals surface area contributed by atoms with E-state index in [9.17, 15) is 22.7 Å². The monoisotopic (exact) mass is 481 g/mol. The van der Waals surface area contributed by atoms with Gasteiger partial charge in [0.15, 0.2) is 10.2 Å². The molecule has 2 aromatic carbocycles. The van der Waals surface area contributed by atoms with Crippen LogP contribution in [0, 0.1) is 23.3 Å². The smallest absolute Gasteiger partial charge is 0.177 e. The van der Waals surface area contributed by atoms with E-state index in [1.165, 1.54) is 23.4 Å². The Labute approximate surface area is 188 Å². The Morgan fingerprint density at radius 3 is 2.56 bits per heavy atom. The lowest BCUT2D eigenvalue weighted by molar-refractivity contribution is 0.0133. The number of hydrogen-bond donors (Lipinski definition) is 1. The highest BCUT2D eigenvalue weighted by atomic mass is 32.2. The Kier molecular flexibility index (Phi) is 6.26. The third-order valence-corrected chi connectivity index (χ3v) is 6.85. The maximum Gasteiger partial charge on any atom is 0.177 e. The summed E-state index contributed by atoms with van der Waals surface area (Å²) in [5.41, 5.74) is -2.06. The number of nitrogens with zero attached hydrogens (tertiary/aromatic N) is 5. The van der Waals surface area contributed by atoms with E-state index in [1.807, 2.05) is 0 Å². The number of rotatable bonds is 7. The molecule has 0 aliphatic rings. The molecule has 32 heavy (non-hydrogen) atoms. The predicted octanol–water partition coefficient (Wildman–Crippen LogP) is 4.42. The van der Waals surface area contributed by atoms with Gasteiger partial charge in [0.1, 0.15) is 41.5 Å². The lowest BCUT2D eigenvalue weighted by Crippen LogP contribution is -2.41. The molecule has 4 aromatic rings. The quantitative estimate of drug-likeness (QED) is 0.311. The standard InChI is InChI=1S/C20H15F4N5OS2/c1-11(31-19-27-18(28-32-19)14-6-12(21)3-5-16(14)23)20(30,8-29-10-25-9-26-29)15-4-2-13(22)7-17(15)24/h2-7,9-11,30H,8H2,1H3/t11-,20-/m1/s1. The van der Waals surface area contributed by atoms with Crippen molar-refractivity contribution >= 4 is 23.3 Å². The van der Waals surface area contributed by atoms with Gasteiger partial charge in [-0.05, 0) is 42.7 Å². The number of aliphatic hydroxyl groups is 1. The molecule has 0 bridgehead atoms. The van der Waals surface area contributed by atoms with Crippen molar-refractivity contribution in [2.75, 3.05) is 0 Å². The Balaban J connectivity index is 1.65. The molecule has 2 atom stereocenters. The Hall–Kier alpha value is -2.83. The second-order valence-corrected chi connectivity index (χ2v) is 9.25. The van der Waals surface area contributed by atoms with Crippen LogP contribution in [-0.2, 0) is 12.1 Å². The maximum absolute atomic E-state index is 14.6. The molecular formula is C20H15F4N5OS2. The molecule has 6 nitrogen and oxygen atoms in total. The minimum atomic E-state index is -1.84. The van der Waals surface area contributed by atoms with E-state index >= 15 is 0 Å². The zero-order chi connectivity index (χ0) is 22.9. The molecule has 0 spiro atoms. The summed E-state index contributed by atoms with van der Waals surface area (Å²) in [4.78, 5) is 8.05. The Morgan fingerprint density at radius 1 is 1.09 bits per heavy atom. The summed E-state index contributed by atoms with van der Waals surface area (Å²) in [7, 11) is 0. The van der Waals surface area contributed by atoms with E-state index in [0.717, 1.165) is 47.6 Å². The molecule has 0 saturated carbocycles. The summed E-state index contributed by atoms with van der Waals surface area (Å²) in [6.07, 6.45) is 2.63. The van der Waals surface area contributed by atoms with Gasteiger partial charge in [-0.25, -0.2) is 32.2 Å². The van der Waals surface area contributed by atoms with Crippen LogP contribution >= 0.6 is 23.3 Å². The molecular weight excluding hydrogens is 466 g/mol. The highest BCUT2D eigenvalue weighted by Crippen LogP contribution is 2.40. The molecule has 0 aliphatic heterocycles. The fourth-order valence-corrected chi connectivity index (χ4v) is 5.11. The molecule has 1 N–H and O–H groups in total. The van der Waals surface area contributed by atoms with Gasteiger partial charge in [-0.1, -0.05) is 17.8 Å². The minimum Gasteiger partial charge on any atom is -0.382 e. The lowest BCUT2D eigenvalue weighted by Gasteiger charge is -2.33. The molecule has 0 unspecified atom stereocenters. The number of aromatic nitrogens is 5. The fraction of sp³-hybridized carbons (Fsp3) is 0.200. The molecule has 2 aromatic heterocycles. The van der Waals surface area contributed by atoms with E-state index in [-0.39, 0.29) is 23.5 Å². The molecule has 0 radical (unpaired) electrons. The van der Waals surface area contributed by atoms with Gasteiger partial charge in [0.25, 0.3) is 0 Å². The highest BCUT2D eigenvalue weighted by molar-refractivity contribution is 8.01. The fourth-order valence-electron chi connectivity index (χ4n) is 3.12. The SMILES string of the molecule is C[C@@H](Sc1nc(-c2cc(F)ccc2F)ns1)[C@](O)(Cn1cncn1)c1ccc(F)cc1F. The molecule has 0 aliphatic carbocycles. The normalized spacial score (nSPS) is 14.3. The van der Waals surface area contributed by atoms with Crippen LogP contribution in [0.25, 0.3) is 11.4 Å². The lowest BCUT2D eigenvalue weighted by atomic mass is 9.90. The van der Waals surface area contributed by atoms with Gasteiger partial charge in [-0.2, -0.15) is 9.47 Å². The third-order valence-electron chi connectivity index (χ3n) is 4.79. The first-order valence-electron chi connectivity index (χ1n) is 9.22. The number of halogens is 4. The summed E-state index contributed by atoms with van der Waals surface area (Å²) in [5, 5.41) is 14.8. The predicted molar refractivity (Wildman–Crippen MR) is 111 cm³/mol. The zero-order valence-electron chi connectivity index (χ0n) is 16.4. The number of thioether (sulfide) groups is 1. The molecule has 2 heterocycles. The first-order valence-corrected chi connectivity index (χ1v) is 10.9. The Morgan fingerprint density at radius 2 is 1.84 bits per heavy atom. The van der Waals surface area contributed by atoms with Crippen molar-refractivity contribution in [2.45, 2.75) is 28.7 Å². The van der Waals surface area contributed by atoms with Gasteiger partial charge in [-0.15, -0.1) is 0 Å². The van der Waals surface area contributed by atoms with Crippen molar-refractivity contribution in [1.82, 2.24) is 24.1 Å². The first-order chi connectivity index (χ1) is 15.3. The van der Waals surface area contributed by atoms with Gasteiger partial charge in [0.05, 0.1) is 12.1 Å². The molecule has 0 amide bonds. The third kappa shape index (κ3) is 4.52. The first kappa shape index (κ1) is 22.4. The van der Waals surface area contributed by atoms with Crippen LogP contribution in [0.15, 0.2) is 53.4 Å². The topological polar surface area (TPSA) is 76.7 Å². The van der Waals surface area contributed by atoms with Crippen molar-refractivity contribution < 1.29 is 22.7 Å². The molecule has 166 valence electrons. The van der Waals surface area contributed by atoms with Crippen LogP contribution in [0.1, 0.15) is 12.5 Å². The van der Waals surface area contributed by atoms with Crippen molar-refractivity contribution in [3.05, 3.63) is 77.9 Å². The van der Waals surface area contributed by atoms with Gasteiger partial charge in [0.2, 0.25) is 0 Å². The van der Waals surface area contributed by atoms with Crippen LogP contribution in [0.5, 0.6) is 0 Å². The Bertz CT molecular complexity index is 1240. The van der Waals surface area contributed by atoms with E-state index in [1.54, 1.807) is 6.92 Å². The van der Waals surface area contributed by atoms with E-state index in [4.69, 9.17) is 0 Å². The van der Waals surface area contributed by atoms with Gasteiger partial charge in [0, 0.05) is 16.9 Å². The summed E-state index contributed by atoms with van der Waals surface area (Å²) in [6, 6.07) is 5.88. The van der Waals surface area contributed by atoms with Crippen LogP contribution in [-0.4, -0.2) is 34.5 Å². The number of benzene rings is 2. The van der Waals surface area contributed by atoms with Crippen molar-refractivity contribution in [2.24, 2.45) is 0 Å². The molecule has 12 heteroatoms. The van der Waals surface area contributed by atoms with Gasteiger partial charge >= 0.3 is 0 Å². The summed E-state index contributed by atoms with van der Waals surface area (Å²) in [5.74, 6) is -3.01. The average molecular weight is 482 g/mol. The van der Waals surface area contributed by atoms with Gasteiger partial charge < -0.3 is 5.11 Å². The highest BCUT2D eigenvalue weighted by Gasteiger charge is 2.40. The average Bonchev–Trinajstić information content (AvgIpc) is 3.41. The van der Waals surface area contributed by atoms with Crippen molar-refractivity contribution in [1.29, 1.82) is 0 Å². The van der Waals surface area contributed by atoms with Crippen LogP contribution in [0.3, 0.4) is 0 Å². The second-order valence-electron chi connectivity index (χ2n) is 6.91. The molecule has 4 rings (SSSR count). The summed E-state index contributed by atoms with van der Waals surface area (Å²) >= 11 is 1.99. The summed E-state index contributed by atoms with van der Waals surface area (Å²) in [6.45, 7) is 1.46.